The molecule has 4 nitrogen and oxygen atoms in total. The molecule has 0 saturated heterocycles. The van der Waals surface area contributed by atoms with Gasteiger partial charge in [-0.25, -0.2) is 0 Å². The van der Waals surface area contributed by atoms with Gasteiger partial charge in [-0.15, -0.1) is 0 Å². The Hall–Kier alpha value is -1.36. The van der Waals surface area contributed by atoms with Gasteiger partial charge >= 0.3 is 0 Å². The maximum absolute atomic E-state index is 12.2. The average molecular weight is 367 g/mol. The molecule has 1 aliphatic carbocycles. The fraction of sp³-hybridized carbons (Fsp3) is 0.529. The van der Waals surface area contributed by atoms with Crippen LogP contribution in [-0.2, 0) is 9.59 Å². The molecule has 120 valence electrons. The molecule has 1 fully saturated rings. The predicted octanol–water partition coefficient (Wildman–Crippen LogP) is 3.64. The van der Waals surface area contributed by atoms with Crippen molar-refractivity contribution >= 4 is 33.4 Å². The Bertz CT molecular complexity index is 560. The minimum Gasteiger partial charge on any atom is -0.356 e. The van der Waals surface area contributed by atoms with Crippen LogP contribution in [-0.4, -0.2) is 18.4 Å². The molecule has 1 aromatic rings. The van der Waals surface area contributed by atoms with Crippen LogP contribution < -0.4 is 10.6 Å². The number of anilines is 1. The Morgan fingerprint density at radius 1 is 1.23 bits per heavy atom. The molecule has 22 heavy (non-hydrogen) atoms. The summed E-state index contributed by atoms with van der Waals surface area (Å²) in [6, 6.07) is 5.73. The first-order chi connectivity index (χ1) is 10.5. The van der Waals surface area contributed by atoms with E-state index < -0.39 is 0 Å². The monoisotopic (exact) mass is 366 g/mol. The van der Waals surface area contributed by atoms with Crippen molar-refractivity contribution in [2.45, 2.75) is 39.5 Å². The zero-order valence-corrected chi connectivity index (χ0v) is 14.7. The van der Waals surface area contributed by atoms with E-state index in [1.54, 1.807) is 0 Å². The van der Waals surface area contributed by atoms with Crippen LogP contribution in [0.3, 0.4) is 0 Å². The van der Waals surface area contributed by atoms with Crippen molar-refractivity contribution in [3.8, 4) is 0 Å². The van der Waals surface area contributed by atoms with Gasteiger partial charge in [0, 0.05) is 16.7 Å². The SMILES string of the molecule is CCCCCNC(=O)C1CC1C(=O)Nc1ccc(Br)cc1C. The molecule has 0 aliphatic heterocycles. The van der Waals surface area contributed by atoms with E-state index in [4.69, 9.17) is 0 Å². The Labute approximate surface area is 140 Å². The highest BCUT2D eigenvalue weighted by molar-refractivity contribution is 9.10. The predicted molar refractivity (Wildman–Crippen MR) is 91.6 cm³/mol. The number of halogens is 1. The first-order valence-electron chi connectivity index (χ1n) is 7.87. The molecule has 0 radical (unpaired) electrons. The summed E-state index contributed by atoms with van der Waals surface area (Å²) < 4.78 is 0.985. The van der Waals surface area contributed by atoms with Crippen molar-refractivity contribution in [3.05, 3.63) is 28.2 Å². The van der Waals surface area contributed by atoms with Gasteiger partial charge in [0.05, 0.1) is 11.8 Å². The Balaban J connectivity index is 1.79. The molecular formula is C17H23BrN2O2. The normalized spacial score (nSPS) is 19.6. The lowest BCUT2D eigenvalue weighted by molar-refractivity contribution is -0.125. The van der Waals surface area contributed by atoms with Gasteiger partial charge in [0.1, 0.15) is 0 Å². The van der Waals surface area contributed by atoms with E-state index in [2.05, 4.69) is 33.5 Å². The Kier molecular flexibility index (Phi) is 6.00. The van der Waals surface area contributed by atoms with Crippen LogP contribution >= 0.6 is 15.9 Å². The molecule has 1 aromatic carbocycles. The lowest BCUT2D eigenvalue weighted by atomic mass is 10.2. The average Bonchev–Trinajstić information content (AvgIpc) is 3.27. The quantitative estimate of drug-likeness (QED) is 0.723. The van der Waals surface area contributed by atoms with Gasteiger partial charge in [-0.3, -0.25) is 9.59 Å². The number of aryl methyl sites for hydroxylation is 1. The van der Waals surface area contributed by atoms with Gasteiger partial charge in [0.25, 0.3) is 0 Å². The summed E-state index contributed by atoms with van der Waals surface area (Å²) in [5.41, 5.74) is 1.81. The fourth-order valence-electron chi connectivity index (χ4n) is 2.48. The molecule has 5 heteroatoms. The molecule has 2 N–H and O–H groups in total. The highest BCUT2D eigenvalue weighted by Gasteiger charge is 2.47. The summed E-state index contributed by atoms with van der Waals surface area (Å²) in [7, 11) is 0. The highest BCUT2D eigenvalue weighted by atomic mass is 79.9. The Morgan fingerprint density at radius 2 is 1.95 bits per heavy atom. The number of rotatable bonds is 7. The largest absolute Gasteiger partial charge is 0.356 e. The molecule has 2 amide bonds. The van der Waals surface area contributed by atoms with Crippen molar-refractivity contribution in [2.75, 3.05) is 11.9 Å². The minimum atomic E-state index is -0.186. The van der Waals surface area contributed by atoms with Gasteiger partial charge in [0.15, 0.2) is 0 Å². The van der Waals surface area contributed by atoms with Crippen LogP contribution in [0.2, 0.25) is 0 Å². The number of hydrogen-bond acceptors (Lipinski definition) is 2. The second-order valence-electron chi connectivity index (χ2n) is 5.90. The van der Waals surface area contributed by atoms with Gasteiger partial charge < -0.3 is 10.6 Å². The van der Waals surface area contributed by atoms with E-state index in [-0.39, 0.29) is 23.7 Å². The van der Waals surface area contributed by atoms with E-state index >= 15 is 0 Å². The number of hydrogen-bond donors (Lipinski definition) is 2. The van der Waals surface area contributed by atoms with Gasteiger partial charge in [-0.2, -0.15) is 0 Å². The number of nitrogens with one attached hydrogen (secondary N) is 2. The van der Waals surface area contributed by atoms with Crippen molar-refractivity contribution < 1.29 is 9.59 Å². The van der Waals surface area contributed by atoms with Crippen molar-refractivity contribution in [3.63, 3.8) is 0 Å². The van der Waals surface area contributed by atoms with Crippen LogP contribution in [0, 0.1) is 18.8 Å². The number of benzene rings is 1. The second-order valence-corrected chi connectivity index (χ2v) is 6.81. The van der Waals surface area contributed by atoms with Crippen LogP contribution in [0.4, 0.5) is 5.69 Å². The molecule has 2 rings (SSSR count). The summed E-state index contributed by atoms with van der Waals surface area (Å²) in [5.74, 6) is -0.380. The lowest BCUT2D eigenvalue weighted by Crippen LogP contribution is -2.28. The summed E-state index contributed by atoms with van der Waals surface area (Å²) in [5, 5.41) is 5.84. The molecule has 1 saturated carbocycles. The molecule has 0 aromatic heterocycles. The Morgan fingerprint density at radius 3 is 2.64 bits per heavy atom. The molecule has 0 spiro atoms. The maximum atomic E-state index is 12.2. The second kappa shape index (κ2) is 7.77. The van der Waals surface area contributed by atoms with Gasteiger partial charge in [0.2, 0.25) is 11.8 Å². The first kappa shape index (κ1) is 17.0. The molecule has 0 bridgehead atoms. The molecule has 0 heterocycles. The topological polar surface area (TPSA) is 58.2 Å². The van der Waals surface area contributed by atoms with E-state index in [0.29, 0.717) is 13.0 Å². The zero-order valence-electron chi connectivity index (χ0n) is 13.1. The minimum absolute atomic E-state index is 0.0174. The molecule has 1 aliphatic rings. The first-order valence-corrected chi connectivity index (χ1v) is 8.67. The third kappa shape index (κ3) is 4.57. The summed E-state index contributed by atoms with van der Waals surface area (Å²) in [6.45, 7) is 4.79. The van der Waals surface area contributed by atoms with Crippen LogP contribution in [0.25, 0.3) is 0 Å². The lowest BCUT2D eigenvalue weighted by Gasteiger charge is -2.09. The zero-order chi connectivity index (χ0) is 16.1. The summed E-state index contributed by atoms with van der Waals surface area (Å²) in [4.78, 5) is 24.2. The summed E-state index contributed by atoms with van der Waals surface area (Å²) >= 11 is 3.40. The number of unbranched alkanes of at least 4 members (excludes halogenated alkanes) is 2. The maximum Gasteiger partial charge on any atom is 0.228 e. The third-order valence-electron chi connectivity index (χ3n) is 3.99. The van der Waals surface area contributed by atoms with Crippen LogP contribution in [0.5, 0.6) is 0 Å². The van der Waals surface area contributed by atoms with Crippen LogP contribution in [0.1, 0.15) is 38.2 Å². The highest BCUT2D eigenvalue weighted by Crippen LogP contribution is 2.39. The van der Waals surface area contributed by atoms with Crippen molar-refractivity contribution in [2.24, 2.45) is 11.8 Å². The van der Waals surface area contributed by atoms with Crippen molar-refractivity contribution in [1.82, 2.24) is 5.32 Å². The van der Waals surface area contributed by atoms with Gasteiger partial charge in [-0.1, -0.05) is 35.7 Å². The smallest absolute Gasteiger partial charge is 0.228 e. The van der Waals surface area contributed by atoms with E-state index in [1.807, 2.05) is 25.1 Å². The van der Waals surface area contributed by atoms with Crippen molar-refractivity contribution in [1.29, 1.82) is 0 Å². The van der Waals surface area contributed by atoms with E-state index in [0.717, 1.165) is 35.0 Å². The fourth-order valence-corrected chi connectivity index (χ4v) is 2.96. The number of carbonyl (C=O) groups is 2. The standard InChI is InChI=1S/C17H23BrN2O2/c1-3-4-5-8-19-16(21)13-10-14(13)17(22)20-15-7-6-12(18)9-11(15)2/h6-7,9,13-14H,3-5,8,10H2,1-2H3,(H,19,21)(H,20,22). The molecular weight excluding hydrogens is 344 g/mol. The number of amides is 2. The molecule has 2 atom stereocenters. The van der Waals surface area contributed by atoms with E-state index in [9.17, 15) is 9.59 Å². The summed E-state index contributed by atoms with van der Waals surface area (Å²) in [6.07, 6.45) is 3.92. The van der Waals surface area contributed by atoms with E-state index in [1.165, 1.54) is 0 Å². The molecule has 2 unspecified atom stereocenters. The third-order valence-corrected chi connectivity index (χ3v) is 4.48. The van der Waals surface area contributed by atoms with Gasteiger partial charge in [-0.05, 0) is 43.5 Å². The number of carbonyl (C=O) groups excluding carboxylic acids is 2. The van der Waals surface area contributed by atoms with Crippen LogP contribution in [0.15, 0.2) is 22.7 Å².